The first-order chi connectivity index (χ1) is 19.5. The predicted molar refractivity (Wildman–Crippen MR) is 153 cm³/mol. The molecule has 1 unspecified atom stereocenters. The molecule has 1 fully saturated rings. The van der Waals surface area contributed by atoms with Crippen molar-refractivity contribution >= 4 is 29.3 Å². The van der Waals surface area contributed by atoms with Crippen LogP contribution in [0.15, 0.2) is 18.2 Å². The fraction of sp³-hybridized carbons (Fsp3) is 0.667. The number of nitrogens with zero attached hydrogens (tertiary/aromatic N) is 1. The molecule has 2 heterocycles. The van der Waals surface area contributed by atoms with Crippen molar-refractivity contribution in [2.75, 3.05) is 38.3 Å². The van der Waals surface area contributed by atoms with Crippen molar-refractivity contribution in [2.24, 2.45) is 5.73 Å². The molecule has 1 atom stereocenters. The van der Waals surface area contributed by atoms with Gasteiger partial charge in [-0.1, -0.05) is 19.3 Å². The van der Waals surface area contributed by atoms with E-state index in [-0.39, 0.29) is 30.7 Å². The maximum atomic E-state index is 12.8. The largest absolute Gasteiger partial charge is 0.381 e. The average Bonchev–Trinajstić information content (AvgIpc) is 3.25. The van der Waals surface area contributed by atoms with Gasteiger partial charge in [-0.15, -0.1) is 0 Å². The molecule has 1 aromatic rings. The first kappa shape index (κ1) is 31.7. The number of amides is 4. The van der Waals surface area contributed by atoms with Gasteiger partial charge in [-0.2, -0.15) is 0 Å². The summed E-state index contributed by atoms with van der Waals surface area (Å²) in [6.07, 6.45) is 11.4. The monoisotopic (exact) mass is 558 g/mol. The molecule has 10 nitrogen and oxygen atoms in total. The summed E-state index contributed by atoms with van der Waals surface area (Å²) in [7, 11) is 0. The Morgan fingerprint density at radius 1 is 0.900 bits per heavy atom. The van der Waals surface area contributed by atoms with Gasteiger partial charge in [0.05, 0.1) is 0 Å². The summed E-state index contributed by atoms with van der Waals surface area (Å²) in [5, 5.41) is 5.22. The quantitative estimate of drug-likeness (QED) is 0.164. The molecule has 1 aromatic carbocycles. The average molecular weight is 559 g/mol. The number of imide groups is 1. The topological polar surface area (TPSA) is 140 Å². The van der Waals surface area contributed by atoms with Gasteiger partial charge in [0.2, 0.25) is 17.7 Å². The van der Waals surface area contributed by atoms with Gasteiger partial charge in [0.1, 0.15) is 6.04 Å². The molecular formula is C30H46N4O6. The lowest BCUT2D eigenvalue weighted by molar-refractivity contribution is -0.137. The Labute approximate surface area is 237 Å². The highest BCUT2D eigenvalue weighted by Gasteiger charge is 2.39. The van der Waals surface area contributed by atoms with E-state index in [2.05, 4.69) is 10.6 Å². The summed E-state index contributed by atoms with van der Waals surface area (Å²) in [5.41, 5.74) is 7.42. The van der Waals surface area contributed by atoms with Crippen molar-refractivity contribution in [1.29, 1.82) is 0 Å². The van der Waals surface area contributed by atoms with Crippen LogP contribution in [0.1, 0.15) is 99.4 Å². The lowest BCUT2D eigenvalue weighted by Crippen LogP contribution is -2.52. The summed E-state index contributed by atoms with van der Waals surface area (Å²) in [4.78, 5) is 50.3. The number of unbranched alkanes of at least 4 members (excludes halogenated alkanes) is 7. The molecule has 0 bridgehead atoms. The number of nitrogens with two attached hydrogens (primary N) is 1. The fourth-order valence-electron chi connectivity index (χ4n) is 5.03. The van der Waals surface area contributed by atoms with E-state index in [1.165, 1.54) is 17.7 Å². The van der Waals surface area contributed by atoms with E-state index in [0.717, 1.165) is 83.3 Å². The number of hydrogen-bond acceptors (Lipinski definition) is 7. The number of benzene rings is 1. The molecule has 3 rings (SSSR count). The SMILES string of the molecule is NCCCCCCOCCCCCOCCCCCC(=O)Nc1ccc2c(c1)CN(C1CCC(=O)NC1=O)C2=O. The second-order valence-corrected chi connectivity index (χ2v) is 10.6. The van der Waals surface area contributed by atoms with E-state index in [4.69, 9.17) is 15.2 Å². The van der Waals surface area contributed by atoms with Crippen molar-refractivity contribution in [1.82, 2.24) is 10.2 Å². The van der Waals surface area contributed by atoms with Crippen LogP contribution < -0.4 is 16.4 Å². The van der Waals surface area contributed by atoms with E-state index in [0.29, 0.717) is 30.7 Å². The summed E-state index contributed by atoms with van der Waals surface area (Å²) in [6.45, 7) is 4.21. The molecule has 0 radical (unpaired) electrons. The van der Waals surface area contributed by atoms with Gasteiger partial charge in [0, 0.05) is 57.1 Å². The van der Waals surface area contributed by atoms with Crippen molar-refractivity contribution in [2.45, 2.75) is 96.1 Å². The van der Waals surface area contributed by atoms with Gasteiger partial charge < -0.3 is 25.4 Å². The number of rotatable bonds is 20. The highest BCUT2D eigenvalue weighted by molar-refractivity contribution is 6.05. The highest BCUT2D eigenvalue weighted by Crippen LogP contribution is 2.29. The third-order valence-electron chi connectivity index (χ3n) is 7.32. The second kappa shape index (κ2) is 17.8. The van der Waals surface area contributed by atoms with E-state index < -0.39 is 11.9 Å². The van der Waals surface area contributed by atoms with E-state index in [1.54, 1.807) is 18.2 Å². The normalized spacial score (nSPS) is 16.8. The second-order valence-electron chi connectivity index (χ2n) is 10.6. The molecule has 4 N–H and O–H groups in total. The van der Waals surface area contributed by atoms with Crippen LogP contribution in [0.25, 0.3) is 0 Å². The molecule has 40 heavy (non-hydrogen) atoms. The summed E-state index contributed by atoms with van der Waals surface area (Å²) < 4.78 is 11.4. The summed E-state index contributed by atoms with van der Waals surface area (Å²) in [6, 6.07) is 4.55. The third kappa shape index (κ3) is 10.6. The molecule has 2 aliphatic heterocycles. The first-order valence-electron chi connectivity index (χ1n) is 14.9. The van der Waals surface area contributed by atoms with Crippen LogP contribution >= 0.6 is 0 Å². The molecule has 4 amide bonds. The van der Waals surface area contributed by atoms with Crippen molar-refractivity contribution in [3.8, 4) is 0 Å². The van der Waals surface area contributed by atoms with Gasteiger partial charge in [-0.3, -0.25) is 24.5 Å². The summed E-state index contributed by atoms with van der Waals surface area (Å²) in [5.74, 6) is -1.03. The zero-order valence-electron chi connectivity index (χ0n) is 23.7. The molecule has 2 aliphatic rings. The summed E-state index contributed by atoms with van der Waals surface area (Å²) >= 11 is 0. The molecule has 0 saturated carbocycles. The molecular weight excluding hydrogens is 512 g/mol. The van der Waals surface area contributed by atoms with Crippen molar-refractivity contribution in [3.05, 3.63) is 29.3 Å². The van der Waals surface area contributed by atoms with Gasteiger partial charge >= 0.3 is 0 Å². The zero-order valence-corrected chi connectivity index (χ0v) is 23.7. The van der Waals surface area contributed by atoms with Crippen LogP contribution in [-0.2, 0) is 30.4 Å². The number of hydrogen-bond donors (Lipinski definition) is 3. The Bertz CT molecular complexity index is 985. The fourth-order valence-corrected chi connectivity index (χ4v) is 5.03. The number of carbonyl (C=O) groups is 4. The maximum absolute atomic E-state index is 12.8. The van der Waals surface area contributed by atoms with Crippen molar-refractivity contribution < 1.29 is 28.7 Å². The lowest BCUT2D eigenvalue weighted by Gasteiger charge is -2.29. The molecule has 1 saturated heterocycles. The Kier molecular flexibility index (Phi) is 14.1. The van der Waals surface area contributed by atoms with E-state index in [9.17, 15) is 19.2 Å². The Morgan fingerprint density at radius 3 is 2.17 bits per heavy atom. The highest BCUT2D eigenvalue weighted by atomic mass is 16.5. The van der Waals surface area contributed by atoms with Crippen LogP contribution in [0.2, 0.25) is 0 Å². The Morgan fingerprint density at radius 2 is 1.52 bits per heavy atom. The van der Waals surface area contributed by atoms with Gasteiger partial charge in [-0.25, -0.2) is 0 Å². The van der Waals surface area contributed by atoms with Crippen LogP contribution in [0.4, 0.5) is 5.69 Å². The minimum atomic E-state index is -0.647. The number of ether oxygens (including phenoxy) is 2. The van der Waals surface area contributed by atoms with Crippen LogP contribution in [0.5, 0.6) is 0 Å². The first-order valence-corrected chi connectivity index (χ1v) is 14.9. The minimum Gasteiger partial charge on any atom is -0.381 e. The molecule has 10 heteroatoms. The predicted octanol–water partition coefficient (Wildman–Crippen LogP) is 3.67. The standard InChI is InChI=1S/C30H46N4O6/c31-16-6-1-2-7-17-39-19-9-4-10-20-40-18-8-3-5-11-27(35)32-24-12-13-25-23(21-24)22-34(30(25)38)26-14-15-28(36)33-29(26)37/h12-13,21,26H,1-11,14-20,22,31H2,(H,32,35)(H,33,36,37). The van der Waals surface area contributed by atoms with Crippen LogP contribution in [-0.4, -0.2) is 67.5 Å². The molecule has 222 valence electrons. The smallest absolute Gasteiger partial charge is 0.255 e. The van der Waals surface area contributed by atoms with Gasteiger partial charge in [0.15, 0.2) is 0 Å². The third-order valence-corrected chi connectivity index (χ3v) is 7.32. The molecule has 0 aromatic heterocycles. The number of nitrogens with one attached hydrogen (secondary N) is 2. The number of carbonyl (C=O) groups excluding carboxylic acids is 4. The number of piperidine rings is 1. The van der Waals surface area contributed by atoms with Crippen molar-refractivity contribution in [3.63, 3.8) is 0 Å². The van der Waals surface area contributed by atoms with Gasteiger partial charge in [-0.05, 0) is 81.7 Å². The van der Waals surface area contributed by atoms with Gasteiger partial charge in [0.25, 0.3) is 5.91 Å². The van der Waals surface area contributed by atoms with Crippen LogP contribution in [0.3, 0.4) is 0 Å². The Hall–Kier alpha value is -2.82. The van der Waals surface area contributed by atoms with Crippen LogP contribution in [0, 0.1) is 0 Å². The minimum absolute atomic E-state index is 0.0648. The number of anilines is 1. The lowest BCUT2D eigenvalue weighted by atomic mass is 10.0. The Balaban J connectivity index is 1.19. The molecule has 0 aliphatic carbocycles. The van der Waals surface area contributed by atoms with E-state index in [1.807, 2.05) is 0 Å². The zero-order chi connectivity index (χ0) is 28.6. The van der Waals surface area contributed by atoms with E-state index >= 15 is 0 Å². The maximum Gasteiger partial charge on any atom is 0.255 e. The molecule has 0 spiro atoms. The number of fused-ring (bicyclic) bond motifs is 1.